The molecule has 0 amide bonds. The van der Waals surface area contributed by atoms with E-state index in [0.717, 1.165) is 50.6 Å². The third-order valence-electron chi connectivity index (χ3n) is 10.9. The molecule has 56 heavy (non-hydrogen) atoms. The number of hydrogen-bond donors (Lipinski definition) is 0. The molecular weight excluding hydrogens is 681 g/mol. The van der Waals surface area contributed by atoms with Crippen molar-refractivity contribution in [2.45, 2.75) is 0 Å². The van der Waals surface area contributed by atoms with Crippen LogP contribution in [0.2, 0.25) is 0 Å². The van der Waals surface area contributed by atoms with E-state index in [-0.39, 0.29) is 0 Å². The number of rotatable bonds is 6. The average Bonchev–Trinajstić information content (AvgIpc) is 3.78. The Kier molecular flexibility index (Phi) is 7.46. The number of para-hydroxylation sites is 3. The maximum absolute atomic E-state index is 5.20. The minimum atomic E-state index is 0.698. The molecule has 11 aromatic rings. The van der Waals surface area contributed by atoms with Crippen LogP contribution in [0.4, 0.5) is 0 Å². The summed E-state index contributed by atoms with van der Waals surface area (Å²) in [6, 6.07) is 73.1. The van der Waals surface area contributed by atoms with Crippen LogP contribution in [0.5, 0.6) is 0 Å². The van der Waals surface area contributed by atoms with E-state index in [1.165, 1.54) is 43.6 Å². The molecule has 0 aliphatic heterocycles. The summed E-state index contributed by atoms with van der Waals surface area (Å²) in [5.74, 6) is 0.698. The molecule has 0 fully saturated rings. The molecule has 0 radical (unpaired) electrons. The van der Waals surface area contributed by atoms with Gasteiger partial charge in [-0.15, -0.1) is 0 Å². The third kappa shape index (κ3) is 5.31. The zero-order chi connectivity index (χ0) is 37.0. The van der Waals surface area contributed by atoms with E-state index >= 15 is 0 Å². The van der Waals surface area contributed by atoms with Crippen molar-refractivity contribution in [1.29, 1.82) is 0 Å². The first-order chi connectivity index (χ1) is 27.8. The fourth-order valence-electron chi connectivity index (χ4n) is 8.30. The zero-order valence-electron chi connectivity index (χ0n) is 30.4. The Balaban J connectivity index is 1.07. The molecule has 4 heteroatoms. The van der Waals surface area contributed by atoms with E-state index < -0.39 is 0 Å². The van der Waals surface area contributed by atoms with Crippen molar-refractivity contribution in [3.05, 3.63) is 206 Å². The largest absolute Gasteiger partial charge is 0.309 e. The summed E-state index contributed by atoms with van der Waals surface area (Å²) in [7, 11) is 0. The molecule has 3 heterocycles. The van der Waals surface area contributed by atoms with Gasteiger partial charge in [0.1, 0.15) is 0 Å². The second-order valence-electron chi connectivity index (χ2n) is 14.2. The summed E-state index contributed by atoms with van der Waals surface area (Å²) in [6.07, 6.45) is 0. The molecule has 262 valence electrons. The van der Waals surface area contributed by atoms with Gasteiger partial charge in [0.05, 0.1) is 33.5 Å². The average molecular weight is 715 g/mol. The lowest BCUT2D eigenvalue weighted by molar-refractivity contribution is 1.16. The number of hydrogen-bond acceptors (Lipinski definition) is 2. The molecule has 0 saturated carbocycles. The van der Waals surface area contributed by atoms with Gasteiger partial charge in [0.2, 0.25) is 0 Å². The van der Waals surface area contributed by atoms with Gasteiger partial charge in [-0.05, 0) is 71.8 Å². The second kappa shape index (κ2) is 13.1. The van der Waals surface area contributed by atoms with E-state index in [0.29, 0.717) is 5.82 Å². The Morgan fingerprint density at radius 1 is 0.268 bits per heavy atom. The summed E-state index contributed by atoms with van der Waals surface area (Å²) in [5.41, 5.74) is 14.1. The van der Waals surface area contributed by atoms with Crippen molar-refractivity contribution >= 4 is 43.6 Å². The summed E-state index contributed by atoms with van der Waals surface area (Å²) in [4.78, 5) is 10.3. The van der Waals surface area contributed by atoms with Crippen molar-refractivity contribution < 1.29 is 0 Å². The molecule has 8 aromatic carbocycles. The van der Waals surface area contributed by atoms with Crippen LogP contribution in [0.1, 0.15) is 0 Å². The first-order valence-electron chi connectivity index (χ1n) is 19.0. The Morgan fingerprint density at radius 3 is 1.34 bits per heavy atom. The maximum atomic E-state index is 5.20. The van der Waals surface area contributed by atoms with Gasteiger partial charge in [-0.1, -0.05) is 146 Å². The van der Waals surface area contributed by atoms with Gasteiger partial charge in [-0.2, -0.15) is 0 Å². The van der Waals surface area contributed by atoms with Crippen LogP contribution in [0.15, 0.2) is 206 Å². The molecule has 0 N–H and O–H groups in total. The monoisotopic (exact) mass is 714 g/mol. The molecule has 0 bridgehead atoms. The number of benzene rings is 8. The minimum Gasteiger partial charge on any atom is -0.309 e. The highest BCUT2D eigenvalue weighted by molar-refractivity contribution is 6.19. The molecule has 0 aliphatic carbocycles. The van der Waals surface area contributed by atoms with E-state index in [4.69, 9.17) is 9.97 Å². The molecule has 3 aromatic heterocycles. The van der Waals surface area contributed by atoms with Crippen LogP contribution in [0.25, 0.3) is 100 Å². The predicted molar refractivity (Wildman–Crippen MR) is 232 cm³/mol. The van der Waals surface area contributed by atoms with E-state index in [1.807, 2.05) is 12.1 Å². The van der Waals surface area contributed by atoms with Crippen molar-refractivity contribution in [1.82, 2.24) is 19.1 Å². The number of nitrogens with zero attached hydrogens (tertiary/aromatic N) is 4. The highest BCUT2D eigenvalue weighted by Gasteiger charge is 2.19. The Hall–Kier alpha value is -7.56. The molecule has 0 unspecified atom stereocenters. The highest BCUT2D eigenvalue weighted by atomic mass is 15.0. The fraction of sp³-hybridized carbons (Fsp3) is 0. The quantitative estimate of drug-likeness (QED) is 0.172. The molecule has 4 nitrogen and oxygen atoms in total. The van der Waals surface area contributed by atoms with E-state index in [9.17, 15) is 0 Å². The second-order valence-corrected chi connectivity index (χ2v) is 14.2. The SMILES string of the molecule is c1ccc(-c2cccc(-c3nc(-c4ccccc4)cc(-c4ccc(-n5c6ccccc6c6cc7c8ccccc8n(-c8ccccc8)c7cc65)cc4)n3)c2)cc1. The van der Waals surface area contributed by atoms with Crippen molar-refractivity contribution in [2.75, 3.05) is 0 Å². The Bertz CT molecular complexity index is 3220. The normalized spacial score (nSPS) is 11.6. The van der Waals surface area contributed by atoms with Crippen LogP contribution in [0, 0.1) is 0 Å². The Labute approximate surface area is 324 Å². The fourth-order valence-corrected chi connectivity index (χ4v) is 8.30. The van der Waals surface area contributed by atoms with Crippen LogP contribution in [0.3, 0.4) is 0 Å². The van der Waals surface area contributed by atoms with Crippen LogP contribution >= 0.6 is 0 Å². The molecule has 0 aliphatic rings. The first kappa shape index (κ1) is 31.9. The van der Waals surface area contributed by atoms with Crippen molar-refractivity contribution in [3.63, 3.8) is 0 Å². The lowest BCUT2D eigenvalue weighted by Crippen LogP contribution is -1.97. The zero-order valence-corrected chi connectivity index (χ0v) is 30.4. The molecule has 0 spiro atoms. The number of fused-ring (bicyclic) bond motifs is 6. The predicted octanol–water partition coefficient (Wildman–Crippen LogP) is 13.3. The number of aromatic nitrogens is 4. The van der Waals surface area contributed by atoms with Crippen molar-refractivity contribution in [3.8, 4) is 56.4 Å². The lowest BCUT2D eigenvalue weighted by atomic mass is 10.0. The van der Waals surface area contributed by atoms with E-state index in [2.05, 4.69) is 203 Å². The summed E-state index contributed by atoms with van der Waals surface area (Å²) in [6.45, 7) is 0. The van der Waals surface area contributed by atoms with Gasteiger partial charge >= 0.3 is 0 Å². The summed E-state index contributed by atoms with van der Waals surface area (Å²) < 4.78 is 4.79. The highest BCUT2D eigenvalue weighted by Crippen LogP contribution is 2.40. The maximum Gasteiger partial charge on any atom is 0.160 e. The van der Waals surface area contributed by atoms with E-state index in [1.54, 1.807) is 0 Å². The van der Waals surface area contributed by atoms with Gasteiger partial charge in [0, 0.05) is 49.6 Å². The minimum absolute atomic E-state index is 0.698. The van der Waals surface area contributed by atoms with Crippen LogP contribution in [-0.2, 0) is 0 Å². The first-order valence-corrected chi connectivity index (χ1v) is 19.0. The standard InChI is InChI=1S/C52H34N4/c1-4-15-35(16-5-1)38-19-14-20-39(31-38)52-53-46(36-17-6-2-7-18-36)33-47(54-52)37-27-29-41(30-28-37)56-49-26-13-11-24-43(49)45-32-44-42-23-10-12-25-48(42)55(50(44)34-51(45)56)40-21-8-3-9-22-40/h1-34H. The summed E-state index contributed by atoms with van der Waals surface area (Å²) in [5, 5.41) is 4.97. The molecule has 0 atom stereocenters. The lowest BCUT2D eigenvalue weighted by Gasteiger charge is -2.12. The molecular formula is C52H34N4. The van der Waals surface area contributed by atoms with Crippen molar-refractivity contribution in [2.24, 2.45) is 0 Å². The van der Waals surface area contributed by atoms with Crippen LogP contribution in [-0.4, -0.2) is 19.1 Å². The van der Waals surface area contributed by atoms with Gasteiger partial charge in [0.25, 0.3) is 0 Å². The van der Waals surface area contributed by atoms with Gasteiger partial charge in [-0.3, -0.25) is 0 Å². The van der Waals surface area contributed by atoms with Crippen LogP contribution < -0.4 is 0 Å². The van der Waals surface area contributed by atoms with Gasteiger partial charge < -0.3 is 9.13 Å². The topological polar surface area (TPSA) is 35.6 Å². The van der Waals surface area contributed by atoms with Gasteiger partial charge in [-0.25, -0.2) is 9.97 Å². The third-order valence-corrected chi connectivity index (χ3v) is 10.9. The summed E-state index contributed by atoms with van der Waals surface area (Å²) >= 11 is 0. The van der Waals surface area contributed by atoms with Gasteiger partial charge in [0.15, 0.2) is 5.82 Å². The Morgan fingerprint density at radius 2 is 0.732 bits per heavy atom. The smallest absolute Gasteiger partial charge is 0.160 e. The molecule has 11 rings (SSSR count). The molecule has 0 saturated heterocycles.